The molecule has 162 valence electrons. The van der Waals surface area contributed by atoms with Crippen molar-refractivity contribution < 1.29 is 15.1 Å². The fraction of sp³-hybridized carbons (Fsp3) is 0.957. The lowest BCUT2D eigenvalue weighted by atomic mass is 9.45. The minimum Gasteiger partial charge on any atom is -0.395 e. The minimum atomic E-state index is -0.251. The quantitative estimate of drug-likeness (QED) is 0.349. The molecule has 3 aliphatic rings. The number of hydrogen-bond donors (Lipinski definition) is 3. The Morgan fingerprint density at radius 2 is 1.96 bits per heavy atom. The van der Waals surface area contributed by atoms with Gasteiger partial charge in [-0.25, -0.2) is 0 Å². The molecule has 0 aromatic heterocycles. The first-order valence-electron chi connectivity index (χ1n) is 11.6. The molecule has 0 bridgehead atoms. The lowest BCUT2D eigenvalue weighted by molar-refractivity contribution is -0.168. The van der Waals surface area contributed by atoms with Crippen LogP contribution in [0.15, 0.2) is 5.16 Å². The van der Waals surface area contributed by atoms with E-state index in [0.29, 0.717) is 42.2 Å². The molecule has 5 heteroatoms. The van der Waals surface area contributed by atoms with Crippen LogP contribution in [0.2, 0.25) is 0 Å². The Kier molecular flexibility index (Phi) is 7.09. The third-order valence-corrected chi connectivity index (χ3v) is 8.97. The summed E-state index contributed by atoms with van der Waals surface area (Å²) in [5, 5.41) is 25.8. The largest absolute Gasteiger partial charge is 0.395 e. The van der Waals surface area contributed by atoms with Crippen LogP contribution in [0.25, 0.3) is 0 Å². The van der Waals surface area contributed by atoms with Gasteiger partial charge in [0.2, 0.25) is 0 Å². The van der Waals surface area contributed by atoms with Gasteiger partial charge in [-0.2, -0.15) is 0 Å². The van der Waals surface area contributed by atoms with Crippen LogP contribution in [0.3, 0.4) is 0 Å². The third-order valence-electron chi connectivity index (χ3n) is 8.97. The van der Waals surface area contributed by atoms with Gasteiger partial charge >= 0.3 is 0 Å². The Hall–Kier alpha value is -0.650. The number of oxime groups is 1. The van der Waals surface area contributed by atoms with Crippen molar-refractivity contribution in [1.82, 2.24) is 0 Å². The Morgan fingerprint density at radius 1 is 1.18 bits per heavy atom. The molecular weight excluding hydrogens is 352 g/mol. The number of aliphatic hydroxyl groups excluding tert-OH is 2. The lowest BCUT2D eigenvalue weighted by Gasteiger charge is -2.61. The second kappa shape index (κ2) is 9.01. The Labute approximate surface area is 171 Å². The molecular formula is C23H42N2O3. The molecule has 5 nitrogen and oxygen atoms in total. The average molecular weight is 395 g/mol. The highest BCUT2D eigenvalue weighted by Crippen LogP contribution is 2.62. The molecule has 0 spiro atoms. The molecule has 0 saturated heterocycles. The van der Waals surface area contributed by atoms with E-state index >= 15 is 0 Å². The maximum absolute atomic E-state index is 11.6. The molecule has 0 aromatic rings. The number of nitrogens with two attached hydrogens (primary N) is 1. The zero-order valence-electron chi connectivity index (χ0n) is 18.1. The van der Waals surface area contributed by atoms with Gasteiger partial charge in [-0.05, 0) is 85.9 Å². The van der Waals surface area contributed by atoms with E-state index in [1.54, 1.807) is 0 Å². The minimum absolute atomic E-state index is 0.0623. The summed E-state index contributed by atoms with van der Waals surface area (Å²) >= 11 is 0. The van der Waals surface area contributed by atoms with Gasteiger partial charge in [0.15, 0.2) is 0 Å². The fourth-order valence-electron chi connectivity index (χ4n) is 7.12. The highest BCUT2D eigenvalue weighted by molar-refractivity contribution is 5.56. The second-order valence-electron chi connectivity index (χ2n) is 10.2. The molecule has 28 heavy (non-hydrogen) atoms. The van der Waals surface area contributed by atoms with E-state index in [9.17, 15) is 10.2 Å². The maximum Gasteiger partial charge on any atom is 0.129 e. The highest BCUT2D eigenvalue weighted by atomic mass is 16.6. The van der Waals surface area contributed by atoms with Gasteiger partial charge in [0, 0.05) is 12.8 Å². The first-order chi connectivity index (χ1) is 13.4. The summed E-state index contributed by atoms with van der Waals surface area (Å²) < 4.78 is 0. The van der Waals surface area contributed by atoms with Crippen LogP contribution < -0.4 is 5.73 Å². The van der Waals surface area contributed by atoms with Crippen LogP contribution in [0, 0.1) is 34.5 Å². The first kappa shape index (κ1) is 22.0. The summed E-state index contributed by atoms with van der Waals surface area (Å²) in [6.07, 6.45) is 11.0. The summed E-state index contributed by atoms with van der Waals surface area (Å²) in [4.78, 5) is 5.15. The van der Waals surface area contributed by atoms with Crippen LogP contribution in [-0.4, -0.2) is 41.8 Å². The van der Waals surface area contributed by atoms with Gasteiger partial charge < -0.3 is 20.8 Å². The zero-order chi connectivity index (χ0) is 20.4. The van der Waals surface area contributed by atoms with Gasteiger partial charge in [0.1, 0.15) is 6.61 Å². The molecule has 0 unspecified atom stereocenters. The standard InChI is InChI=1S/C23H42N2O3/c1-4-16(9-13-25-28-14-12-24)23(3)11-8-20-19(21(23)27)6-5-17-15-18(26)7-10-22(17,20)2/h13,16-21,26-27H,4-12,14-15,24H2,1-3H3/b25-13+/t16-,17-,18+,19-,20+,21+,22+,23-/m1/s1. The van der Waals surface area contributed by atoms with Crippen molar-refractivity contribution in [3.05, 3.63) is 0 Å². The lowest BCUT2D eigenvalue weighted by Crippen LogP contribution is -2.57. The fourth-order valence-corrected chi connectivity index (χ4v) is 7.12. The van der Waals surface area contributed by atoms with Gasteiger partial charge in [-0.1, -0.05) is 32.3 Å². The maximum atomic E-state index is 11.6. The molecule has 4 N–H and O–H groups in total. The second-order valence-corrected chi connectivity index (χ2v) is 10.2. The van der Waals surface area contributed by atoms with E-state index < -0.39 is 0 Å². The topological polar surface area (TPSA) is 88.1 Å². The molecule has 0 heterocycles. The van der Waals surface area contributed by atoms with Gasteiger partial charge in [-0.3, -0.25) is 0 Å². The predicted octanol–water partition coefficient (Wildman–Crippen LogP) is 3.72. The number of fused-ring (bicyclic) bond motifs is 3. The van der Waals surface area contributed by atoms with Crippen molar-refractivity contribution in [3.8, 4) is 0 Å². The molecule has 3 aliphatic carbocycles. The molecule has 0 radical (unpaired) electrons. The summed E-state index contributed by atoms with van der Waals surface area (Å²) in [6.45, 7) is 7.91. The van der Waals surface area contributed by atoms with Crippen LogP contribution in [0.5, 0.6) is 0 Å². The SMILES string of the molecule is CC[C@H](C/C=N/OCCN)[C@@]1(C)CC[C@H]2[C@@H](CC[C@@H]3C[C@@H](O)CC[C@@]32C)[C@@H]1O. The summed E-state index contributed by atoms with van der Waals surface area (Å²) in [5.41, 5.74) is 5.67. The number of rotatable bonds is 7. The van der Waals surface area contributed by atoms with Crippen molar-refractivity contribution in [2.24, 2.45) is 45.4 Å². The normalized spacial score (nSPS) is 44.7. The van der Waals surface area contributed by atoms with E-state index in [0.717, 1.165) is 51.4 Å². The molecule has 8 atom stereocenters. The zero-order valence-corrected chi connectivity index (χ0v) is 18.1. The third kappa shape index (κ3) is 3.99. The molecule has 0 amide bonds. The van der Waals surface area contributed by atoms with Crippen molar-refractivity contribution in [2.45, 2.75) is 90.8 Å². The smallest absolute Gasteiger partial charge is 0.129 e. The van der Waals surface area contributed by atoms with Crippen LogP contribution in [0.4, 0.5) is 0 Å². The van der Waals surface area contributed by atoms with Gasteiger partial charge in [0.05, 0.1) is 12.2 Å². The van der Waals surface area contributed by atoms with Crippen molar-refractivity contribution in [2.75, 3.05) is 13.2 Å². The predicted molar refractivity (Wildman–Crippen MR) is 113 cm³/mol. The number of hydrogen-bond acceptors (Lipinski definition) is 5. The van der Waals surface area contributed by atoms with Crippen LogP contribution in [-0.2, 0) is 4.84 Å². The van der Waals surface area contributed by atoms with Crippen molar-refractivity contribution >= 4 is 6.21 Å². The van der Waals surface area contributed by atoms with Crippen LogP contribution in [0.1, 0.15) is 78.6 Å². The van der Waals surface area contributed by atoms with E-state index in [1.165, 1.54) is 6.42 Å². The number of aliphatic hydroxyl groups is 2. The summed E-state index contributed by atoms with van der Waals surface area (Å²) in [7, 11) is 0. The monoisotopic (exact) mass is 394 g/mol. The molecule has 3 rings (SSSR count). The van der Waals surface area contributed by atoms with Crippen molar-refractivity contribution in [1.29, 1.82) is 0 Å². The van der Waals surface area contributed by atoms with E-state index in [-0.39, 0.29) is 17.6 Å². The van der Waals surface area contributed by atoms with E-state index in [4.69, 9.17) is 10.6 Å². The Balaban J connectivity index is 1.71. The molecule has 3 saturated carbocycles. The Morgan fingerprint density at radius 3 is 2.68 bits per heavy atom. The van der Waals surface area contributed by atoms with E-state index in [1.807, 2.05) is 6.21 Å². The number of nitrogens with zero attached hydrogens (tertiary/aromatic N) is 1. The average Bonchev–Trinajstić information content (AvgIpc) is 2.68. The highest BCUT2D eigenvalue weighted by Gasteiger charge is 2.57. The molecule has 3 fully saturated rings. The summed E-state index contributed by atoms with van der Waals surface area (Å²) in [6, 6.07) is 0. The van der Waals surface area contributed by atoms with Gasteiger partial charge in [-0.15, -0.1) is 0 Å². The first-order valence-corrected chi connectivity index (χ1v) is 11.6. The van der Waals surface area contributed by atoms with Gasteiger partial charge in [0.25, 0.3) is 0 Å². The van der Waals surface area contributed by atoms with E-state index in [2.05, 4.69) is 25.9 Å². The summed E-state index contributed by atoms with van der Waals surface area (Å²) in [5.74, 6) is 2.03. The van der Waals surface area contributed by atoms with Crippen LogP contribution >= 0.6 is 0 Å². The Bertz CT molecular complexity index is 542. The van der Waals surface area contributed by atoms with Crippen molar-refractivity contribution in [3.63, 3.8) is 0 Å². The molecule has 0 aromatic carbocycles. The molecule has 0 aliphatic heterocycles.